The highest BCUT2D eigenvalue weighted by Gasteiger charge is 2.29. The molecule has 0 spiro atoms. The maximum Gasteiger partial charge on any atom is 0.252 e. The van der Waals surface area contributed by atoms with E-state index in [0.717, 1.165) is 47.1 Å². The maximum atomic E-state index is 13.2. The molecule has 36 heavy (non-hydrogen) atoms. The number of nitrogens with zero attached hydrogens (tertiary/aromatic N) is 5. The van der Waals surface area contributed by atoms with Crippen molar-refractivity contribution in [2.45, 2.75) is 84.5 Å². The van der Waals surface area contributed by atoms with Crippen LogP contribution >= 0.6 is 0 Å². The van der Waals surface area contributed by atoms with Gasteiger partial charge in [0.2, 0.25) is 0 Å². The summed E-state index contributed by atoms with van der Waals surface area (Å²) >= 11 is 0. The molecule has 2 aromatic carbocycles. The molecule has 2 heterocycles. The second-order valence-corrected chi connectivity index (χ2v) is 10.3. The van der Waals surface area contributed by atoms with E-state index in [9.17, 15) is 4.79 Å². The zero-order valence-electron chi connectivity index (χ0n) is 21.6. The topological polar surface area (TPSA) is 79.7 Å². The Hall–Kier alpha value is -3.32. The summed E-state index contributed by atoms with van der Waals surface area (Å²) in [6.45, 7) is 7.55. The van der Waals surface area contributed by atoms with Crippen molar-refractivity contribution in [2.75, 3.05) is 0 Å². The number of nitrogens with one attached hydrogen (secondary N) is 1. The third-order valence-electron chi connectivity index (χ3n) is 7.54. The molecule has 1 aliphatic carbocycles. The van der Waals surface area contributed by atoms with Crippen molar-refractivity contribution in [3.05, 3.63) is 87.0 Å². The molecule has 1 fully saturated rings. The van der Waals surface area contributed by atoms with E-state index in [0.29, 0.717) is 19.1 Å². The van der Waals surface area contributed by atoms with E-state index >= 15 is 0 Å². The molecule has 0 bridgehead atoms. The van der Waals surface area contributed by atoms with E-state index in [2.05, 4.69) is 86.4 Å². The molecule has 2 aromatic heterocycles. The van der Waals surface area contributed by atoms with Gasteiger partial charge in [-0.1, -0.05) is 68.1 Å². The normalized spacial score (nSPS) is 15.6. The van der Waals surface area contributed by atoms with Gasteiger partial charge in [0.15, 0.2) is 5.82 Å². The minimum atomic E-state index is -0.0331. The van der Waals surface area contributed by atoms with Gasteiger partial charge in [-0.05, 0) is 72.2 Å². The van der Waals surface area contributed by atoms with Crippen LogP contribution in [0.3, 0.4) is 0 Å². The lowest BCUT2D eigenvalue weighted by atomic mass is 9.95. The summed E-state index contributed by atoms with van der Waals surface area (Å²) in [6.07, 6.45) is 6.82. The average Bonchev–Trinajstić information content (AvgIpc) is 3.36. The second kappa shape index (κ2) is 10.7. The molecule has 1 atom stereocenters. The zero-order chi connectivity index (χ0) is 25.1. The van der Waals surface area contributed by atoms with Gasteiger partial charge in [0, 0.05) is 18.7 Å². The van der Waals surface area contributed by atoms with E-state index in [1.54, 1.807) is 0 Å². The fourth-order valence-corrected chi connectivity index (χ4v) is 5.77. The molecule has 1 N–H and O–H groups in total. The van der Waals surface area contributed by atoms with Crippen molar-refractivity contribution >= 4 is 10.9 Å². The largest absolute Gasteiger partial charge is 0.321 e. The average molecular weight is 485 g/mol. The number of aromatic nitrogens is 5. The lowest BCUT2D eigenvalue weighted by Gasteiger charge is -2.32. The highest BCUT2D eigenvalue weighted by Crippen LogP contribution is 2.32. The number of aryl methyl sites for hydroxylation is 2. The smallest absolute Gasteiger partial charge is 0.252 e. The van der Waals surface area contributed by atoms with Gasteiger partial charge in [0.1, 0.15) is 0 Å². The van der Waals surface area contributed by atoms with Crippen molar-refractivity contribution in [1.82, 2.24) is 30.1 Å². The lowest BCUT2D eigenvalue weighted by Crippen LogP contribution is -2.33. The maximum absolute atomic E-state index is 13.2. The first kappa shape index (κ1) is 24.4. The second-order valence-electron chi connectivity index (χ2n) is 10.3. The number of benzene rings is 2. The quantitative estimate of drug-likeness (QED) is 0.342. The third-order valence-corrected chi connectivity index (χ3v) is 7.54. The predicted molar refractivity (Wildman–Crippen MR) is 143 cm³/mol. The molecule has 1 aliphatic rings. The molecule has 0 aliphatic heterocycles. The Kier molecular flexibility index (Phi) is 7.28. The number of fused-ring (bicyclic) bond motifs is 1. The SMILES string of the molecule is CCC(c1nnnn1C1CCCCC1)N(Cc1ccccc1)Cc1cc2cc(C)cc(C)c2[nH]c1=O. The Morgan fingerprint density at radius 3 is 2.58 bits per heavy atom. The van der Waals surface area contributed by atoms with Gasteiger partial charge in [0.05, 0.1) is 17.6 Å². The summed E-state index contributed by atoms with van der Waals surface area (Å²) in [5.74, 6) is 0.907. The van der Waals surface area contributed by atoms with Gasteiger partial charge < -0.3 is 4.98 Å². The van der Waals surface area contributed by atoms with Crippen molar-refractivity contribution in [3.63, 3.8) is 0 Å². The van der Waals surface area contributed by atoms with Crippen molar-refractivity contribution in [1.29, 1.82) is 0 Å². The van der Waals surface area contributed by atoms with Crippen LogP contribution in [0.1, 0.15) is 85.6 Å². The number of hydrogen-bond acceptors (Lipinski definition) is 5. The highest BCUT2D eigenvalue weighted by molar-refractivity contribution is 5.82. The van der Waals surface area contributed by atoms with Crippen LogP contribution in [0.4, 0.5) is 0 Å². The van der Waals surface area contributed by atoms with Crippen molar-refractivity contribution in [2.24, 2.45) is 0 Å². The first-order chi connectivity index (χ1) is 17.5. The number of tetrazole rings is 1. The van der Waals surface area contributed by atoms with Crippen LogP contribution in [0.15, 0.2) is 53.3 Å². The summed E-state index contributed by atoms with van der Waals surface area (Å²) < 4.78 is 2.07. The van der Waals surface area contributed by atoms with Crippen LogP contribution < -0.4 is 5.56 Å². The third kappa shape index (κ3) is 5.12. The first-order valence-electron chi connectivity index (χ1n) is 13.2. The monoisotopic (exact) mass is 484 g/mol. The van der Waals surface area contributed by atoms with Crippen LogP contribution in [0.2, 0.25) is 0 Å². The van der Waals surface area contributed by atoms with Gasteiger partial charge in [-0.2, -0.15) is 0 Å². The number of rotatable bonds is 8. The molecule has 0 saturated heterocycles. The van der Waals surface area contributed by atoms with Gasteiger partial charge in [-0.25, -0.2) is 4.68 Å². The lowest BCUT2D eigenvalue weighted by molar-refractivity contribution is 0.155. The molecule has 1 unspecified atom stereocenters. The highest BCUT2D eigenvalue weighted by atomic mass is 16.1. The Morgan fingerprint density at radius 1 is 1.06 bits per heavy atom. The minimum absolute atomic E-state index is 0.00326. The van der Waals surface area contributed by atoms with E-state index in [4.69, 9.17) is 0 Å². The predicted octanol–water partition coefficient (Wildman–Crippen LogP) is 5.79. The summed E-state index contributed by atoms with van der Waals surface area (Å²) in [6, 6.07) is 17.1. The molecule has 7 nitrogen and oxygen atoms in total. The number of hydrogen-bond donors (Lipinski definition) is 1. The minimum Gasteiger partial charge on any atom is -0.321 e. The van der Waals surface area contributed by atoms with Crippen molar-refractivity contribution < 1.29 is 0 Å². The van der Waals surface area contributed by atoms with E-state index in [1.807, 2.05) is 13.0 Å². The van der Waals surface area contributed by atoms with Crippen LogP contribution in [-0.4, -0.2) is 30.1 Å². The number of aromatic amines is 1. The molecule has 0 radical (unpaired) electrons. The van der Waals surface area contributed by atoms with Gasteiger partial charge in [0.25, 0.3) is 5.56 Å². The fourth-order valence-electron chi connectivity index (χ4n) is 5.77. The molecular weight excluding hydrogens is 448 g/mol. The van der Waals surface area contributed by atoms with Crippen LogP contribution in [0.25, 0.3) is 10.9 Å². The summed E-state index contributed by atoms with van der Waals surface area (Å²) in [5, 5.41) is 14.2. The summed E-state index contributed by atoms with van der Waals surface area (Å²) in [4.78, 5) is 18.8. The number of pyridine rings is 1. The van der Waals surface area contributed by atoms with Gasteiger partial charge in [-0.3, -0.25) is 9.69 Å². The Balaban J connectivity index is 1.53. The van der Waals surface area contributed by atoms with Gasteiger partial charge in [-0.15, -0.1) is 5.10 Å². The molecule has 7 heteroatoms. The molecule has 4 aromatic rings. The van der Waals surface area contributed by atoms with Crippen LogP contribution in [0.5, 0.6) is 0 Å². The Labute approximate surface area is 212 Å². The van der Waals surface area contributed by atoms with Gasteiger partial charge >= 0.3 is 0 Å². The summed E-state index contributed by atoms with van der Waals surface area (Å²) in [7, 11) is 0. The first-order valence-corrected chi connectivity index (χ1v) is 13.2. The molecule has 0 amide bonds. The fraction of sp³-hybridized carbons (Fsp3) is 0.448. The van der Waals surface area contributed by atoms with Crippen LogP contribution in [0, 0.1) is 13.8 Å². The standard InChI is InChI=1S/C29H36N6O/c1-4-26(28-31-32-33-35(28)25-13-9-6-10-14-25)34(18-22-11-7-5-8-12-22)19-24-17-23-16-20(2)15-21(3)27(23)30-29(24)36/h5,7-8,11-12,15-17,25-26H,4,6,9-10,13-14,18-19H2,1-3H3,(H,30,36). The number of H-pyrrole nitrogens is 1. The Morgan fingerprint density at radius 2 is 1.83 bits per heavy atom. The zero-order valence-corrected chi connectivity index (χ0v) is 21.6. The van der Waals surface area contributed by atoms with Crippen molar-refractivity contribution in [3.8, 4) is 0 Å². The van der Waals surface area contributed by atoms with Crippen LogP contribution in [-0.2, 0) is 13.1 Å². The Bertz CT molecular complexity index is 1370. The van der Waals surface area contributed by atoms with E-state index in [-0.39, 0.29) is 11.6 Å². The molecule has 5 rings (SSSR count). The van der Waals surface area contributed by atoms with E-state index < -0.39 is 0 Å². The van der Waals surface area contributed by atoms with E-state index in [1.165, 1.54) is 30.4 Å². The molecular formula is C29H36N6O. The molecule has 188 valence electrons. The molecule has 1 saturated carbocycles. The summed E-state index contributed by atoms with van der Waals surface area (Å²) in [5.41, 5.74) is 5.13.